The van der Waals surface area contributed by atoms with Gasteiger partial charge in [-0.2, -0.15) is 26.3 Å². The van der Waals surface area contributed by atoms with Crippen LogP contribution in [-0.2, 0) is 12.4 Å². The molecule has 0 spiro atoms. The lowest BCUT2D eigenvalue weighted by Gasteiger charge is -2.14. The third-order valence-corrected chi connectivity index (χ3v) is 3.36. The number of ether oxygens (including phenoxy) is 1. The van der Waals surface area contributed by atoms with E-state index in [4.69, 9.17) is 4.42 Å². The van der Waals surface area contributed by atoms with Crippen LogP contribution >= 0.6 is 0 Å². The van der Waals surface area contributed by atoms with Gasteiger partial charge in [-0.1, -0.05) is 0 Å². The number of hydrogen-bond acceptors (Lipinski definition) is 3. The molecule has 0 saturated carbocycles. The molecule has 0 saturated heterocycles. The van der Waals surface area contributed by atoms with Gasteiger partial charge in [-0.3, -0.25) is 0 Å². The van der Waals surface area contributed by atoms with E-state index in [1.54, 1.807) is 19.0 Å². The van der Waals surface area contributed by atoms with Crippen LogP contribution in [-0.4, -0.2) is 20.7 Å². The number of benzene rings is 1. The number of anilines is 1. The molecule has 1 heterocycles. The van der Waals surface area contributed by atoms with E-state index < -0.39 is 35.2 Å². The van der Waals surface area contributed by atoms with Crippen molar-refractivity contribution in [3.63, 3.8) is 0 Å². The number of furan rings is 1. The monoisotopic (exact) mass is 367 g/mol. The summed E-state index contributed by atoms with van der Waals surface area (Å²) in [6.45, 7) is 1.08. The van der Waals surface area contributed by atoms with Crippen molar-refractivity contribution in [2.75, 3.05) is 25.6 Å². The average molecular weight is 367 g/mol. The molecule has 0 aliphatic heterocycles. The summed E-state index contributed by atoms with van der Waals surface area (Å²) in [5.74, 6) is -2.11. The van der Waals surface area contributed by atoms with Gasteiger partial charge in [0.05, 0.1) is 6.61 Å². The molecule has 0 aliphatic carbocycles. The van der Waals surface area contributed by atoms with Gasteiger partial charge in [0, 0.05) is 25.3 Å². The van der Waals surface area contributed by atoms with Crippen molar-refractivity contribution in [1.29, 1.82) is 0 Å². The summed E-state index contributed by atoms with van der Waals surface area (Å²) in [6, 6.07) is 5.48. The first kappa shape index (κ1) is 19.0. The molecule has 0 aliphatic rings. The summed E-state index contributed by atoms with van der Waals surface area (Å²) >= 11 is 0. The molecule has 3 nitrogen and oxygen atoms in total. The van der Waals surface area contributed by atoms with Crippen molar-refractivity contribution in [3.05, 3.63) is 35.4 Å². The highest BCUT2D eigenvalue weighted by Crippen LogP contribution is 2.51. The Morgan fingerprint density at radius 1 is 0.920 bits per heavy atom. The smallest absolute Gasteiger partial charge is 0.423 e. The van der Waals surface area contributed by atoms with Crippen LogP contribution in [0, 0.1) is 0 Å². The Morgan fingerprint density at radius 2 is 1.44 bits per heavy atom. The zero-order valence-electron chi connectivity index (χ0n) is 13.5. The molecule has 138 valence electrons. The van der Waals surface area contributed by atoms with Crippen LogP contribution in [0.3, 0.4) is 0 Å². The molecule has 0 N–H and O–H groups in total. The Balaban J connectivity index is 2.72. The maximum atomic E-state index is 13.4. The van der Waals surface area contributed by atoms with Gasteiger partial charge in [0.15, 0.2) is 11.3 Å². The number of hydrogen-bond donors (Lipinski definition) is 0. The summed E-state index contributed by atoms with van der Waals surface area (Å²) in [6.07, 6.45) is -10.5. The molecular weight excluding hydrogens is 352 g/mol. The molecule has 9 heteroatoms. The van der Waals surface area contributed by atoms with E-state index in [1.165, 1.54) is 31.2 Å². The van der Waals surface area contributed by atoms with Crippen molar-refractivity contribution in [2.45, 2.75) is 19.3 Å². The lowest BCUT2D eigenvalue weighted by Crippen LogP contribution is -2.16. The van der Waals surface area contributed by atoms with Gasteiger partial charge in [0.1, 0.15) is 5.56 Å². The summed E-state index contributed by atoms with van der Waals surface area (Å²) in [5.41, 5.74) is -3.30. The molecule has 0 unspecified atom stereocenters. The molecular formula is C16H15F6NO2. The van der Waals surface area contributed by atoms with Gasteiger partial charge >= 0.3 is 12.4 Å². The molecule has 0 amide bonds. The summed E-state index contributed by atoms with van der Waals surface area (Å²) in [5, 5.41) is 0. The molecule has 2 rings (SSSR count). The first-order chi connectivity index (χ1) is 11.5. The van der Waals surface area contributed by atoms with Gasteiger partial charge < -0.3 is 14.1 Å². The largest absolute Gasteiger partial charge is 0.465 e. The van der Waals surface area contributed by atoms with Crippen LogP contribution in [0.5, 0.6) is 5.95 Å². The molecule has 0 atom stereocenters. The van der Waals surface area contributed by atoms with Gasteiger partial charge in [-0.25, -0.2) is 0 Å². The van der Waals surface area contributed by atoms with E-state index >= 15 is 0 Å². The Morgan fingerprint density at radius 3 is 1.84 bits per heavy atom. The second-order valence-electron chi connectivity index (χ2n) is 5.34. The highest BCUT2D eigenvalue weighted by atomic mass is 19.4. The van der Waals surface area contributed by atoms with E-state index in [1.807, 2.05) is 0 Å². The second kappa shape index (κ2) is 6.53. The van der Waals surface area contributed by atoms with Crippen LogP contribution in [0.4, 0.5) is 32.0 Å². The fraction of sp³-hybridized carbons (Fsp3) is 0.375. The highest BCUT2D eigenvalue weighted by Gasteiger charge is 2.51. The highest BCUT2D eigenvalue weighted by molar-refractivity contribution is 5.68. The second-order valence-corrected chi connectivity index (χ2v) is 5.34. The minimum absolute atomic E-state index is 0.130. The fourth-order valence-electron chi connectivity index (χ4n) is 2.29. The third-order valence-electron chi connectivity index (χ3n) is 3.36. The van der Waals surface area contributed by atoms with Gasteiger partial charge in [-0.15, -0.1) is 0 Å². The number of alkyl halides is 6. The van der Waals surface area contributed by atoms with Crippen LogP contribution in [0.15, 0.2) is 28.7 Å². The van der Waals surface area contributed by atoms with Crippen molar-refractivity contribution >= 4 is 5.69 Å². The predicted octanol–water partition coefficient (Wildman–Crippen LogP) is 5.45. The fourth-order valence-corrected chi connectivity index (χ4v) is 2.29. The molecule has 2 aromatic rings. The summed E-state index contributed by atoms with van der Waals surface area (Å²) in [4.78, 5) is 1.70. The Bertz CT molecular complexity index is 729. The van der Waals surface area contributed by atoms with E-state index in [9.17, 15) is 26.3 Å². The maximum absolute atomic E-state index is 13.4. The molecule has 0 bridgehead atoms. The minimum atomic E-state index is -5.28. The Labute approximate surface area is 139 Å². The normalized spacial score (nSPS) is 12.4. The molecule has 0 radical (unpaired) electrons. The Hall–Kier alpha value is -2.32. The zero-order valence-corrected chi connectivity index (χ0v) is 13.5. The molecule has 25 heavy (non-hydrogen) atoms. The number of rotatable bonds is 4. The van der Waals surface area contributed by atoms with E-state index in [0.717, 1.165) is 0 Å². The Kier molecular flexibility index (Phi) is 4.97. The zero-order chi connectivity index (χ0) is 19.0. The van der Waals surface area contributed by atoms with Crippen LogP contribution < -0.4 is 9.64 Å². The van der Waals surface area contributed by atoms with Crippen molar-refractivity contribution in [3.8, 4) is 17.3 Å². The van der Waals surface area contributed by atoms with Gasteiger partial charge in [-0.05, 0) is 31.2 Å². The van der Waals surface area contributed by atoms with Crippen LogP contribution in [0.1, 0.15) is 18.1 Å². The minimum Gasteiger partial charge on any atom is -0.465 e. The van der Waals surface area contributed by atoms with Gasteiger partial charge in [0.2, 0.25) is 0 Å². The topological polar surface area (TPSA) is 25.6 Å². The van der Waals surface area contributed by atoms with E-state index in [0.29, 0.717) is 5.69 Å². The lowest BCUT2D eigenvalue weighted by molar-refractivity contribution is -0.162. The standard InChI is InChI=1S/C16H15F6NO2/c1-4-24-14-12(16(20,21)22)11(15(17,18)19)13(25-14)9-5-7-10(8-6-9)23(2)3/h5-8H,4H2,1-3H3. The quantitative estimate of drug-likeness (QED) is 0.672. The lowest BCUT2D eigenvalue weighted by atomic mass is 10.0. The first-order valence-corrected chi connectivity index (χ1v) is 7.18. The molecule has 1 aromatic carbocycles. The van der Waals surface area contributed by atoms with Crippen molar-refractivity contribution in [1.82, 2.24) is 0 Å². The van der Waals surface area contributed by atoms with Crippen molar-refractivity contribution < 1.29 is 35.5 Å². The van der Waals surface area contributed by atoms with Crippen LogP contribution in [0.2, 0.25) is 0 Å². The predicted molar refractivity (Wildman–Crippen MR) is 79.6 cm³/mol. The average Bonchev–Trinajstić information content (AvgIpc) is 2.87. The van der Waals surface area contributed by atoms with E-state index in [-0.39, 0.29) is 12.2 Å². The number of nitrogens with zero attached hydrogens (tertiary/aromatic N) is 1. The number of halogens is 6. The van der Waals surface area contributed by atoms with Gasteiger partial charge in [0.25, 0.3) is 5.95 Å². The molecule has 0 fully saturated rings. The van der Waals surface area contributed by atoms with Crippen LogP contribution in [0.25, 0.3) is 11.3 Å². The molecule has 1 aromatic heterocycles. The van der Waals surface area contributed by atoms with Crippen molar-refractivity contribution in [2.24, 2.45) is 0 Å². The summed E-state index contributed by atoms with van der Waals surface area (Å²) in [7, 11) is 3.44. The maximum Gasteiger partial charge on any atom is 0.423 e. The third kappa shape index (κ3) is 3.85. The summed E-state index contributed by atoms with van der Waals surface area (Å²) < 4.78 is 89.2. The SMILES string of the molecule is CCOc1oc(-c2ccc(N(C)C)cc2)c(C(F)(F)F)c1C(F)(F)F. The first-order valence-electron chi connectivity index (χ1n) is 7.18. The van der Waals surface area contributed by atoms with E-state index in [2.05, 4.69) is 4.74 Å².